The van der Waals surface area contributed by atoms with Gasteiger partial charge in [-0.1, -0.05) is 29.8 Å². The zero-order chi connectivity index (χ0) is 23.5. The lowest BCUT2D eigenvalue weighted by atomic mass is 10.0. The summed E-state index contributed by atoms with van der Waals surface area (Å²) in [6.45, 7) is 1.95. The maximum Gasteiger partial charge on any atom is 0.252 e. The van der Waals surface area contributed by atoms with E-state index in [1.807, 2.05) is 48.0 Å². The number of halogens is 1. The fraction of sp³-hybridized carbons (Fsp3) is 0.120. The number of amides is 1. The number of aliphatic imine (C=N–C) groups is 1. The number of pyridine rings is 1. The van der Waals surface area contributed by atoms with Crippen molar-refractivity contribution in [3.8, 4) is 16.9 Å². The lowest BCUT2D eigenvalue weighted by Gasteiger charge is -2.13. The van der Waals surface area contributed by atoms with E-state index in [4.69, 9.17) is 22.3 Å². The number of nitrogens with two attached hydrogens (primary N) is 1. The Hall–Kier alpha value is -3.97. The molecule has 4 rings (SSSR count). The summed E-state index contributed by atoms with van der Waals surface area (Å²) in [6, 6.07) is 13.4. The van der Waals surface area contributed by atoms with E-state index in [0.717, 1.165) is 44.7 Å². The molecule has 0 aliphatic rings. The fourth-order valence-electron chi connectivity index (χ4n) is 3.75. The van der Waals surface area contributed by atoms with E-state index >= 15 is 0 Å². The van der Waals surface area contributed by atoms with Crippen molar-refractivity contribution in [3.63, 3.8) is 0 Å². The zero-order valence-electron chi connectivity index (χ0n) is 18.5. The third-order valence-electron chi connectivity index (χ3n) is 5.30. The lowest BCUT2D eigenvalue weighted by Crippen LogP contribution is -2.18. The quantitative estimate of drug-likeness (QED) is 0.433. The third-order valence-corrected chi connectivity index (χ3v) is 5.61. The number of aryl methyl sites for hydroxylation is 1. The molecule has 7 nitrogen and oxygen atoms in total. The van der Waals surface area contributed by atoms with Crippen LogP contribution in [-0.2, 0) is 0 Å². The van der Waals surface area contributed by atoms with E-state index in [0.29, 0.717) is 10.6 Å². The summed E-state index contributed by atoms with van der Waals surface area (Å²) in [5.41, 5.74) is 11.1. The van der Waals surface area contributed by atoms with Gasteiger partial charge in [0.15, 0.2) is 0 Å². The molecule has 4 aromatic rings. The van der Waals surface area contributed by atoms with Crippen molar-refractivity contribution in [2.75, 3.05) is 14.1 Å². The summed E-state index contributed by atoms with van der Waals surface area (Å²) in [6.07, 6.45) is 6.83. The largest absolute Gasteiger partial charge is 0.404 e. The molecule has 3 N–H and O–H groups in total. The maximum atomic E-state index is 12.0. The number of benzene rings is 2. The van der Waals surface area contributed by atoms with Crippen molar-refractivity contribution in [1.29, 1.82) is 0 Å². The molecule has 0 spiro atoms. The number of allylic oxidation sites excluding steroid dienone is 1. The number of fused-ring (bicyclic) bond motifs is 1. The molecule has 8 heteroatoms. The zero-order valence-corrected chi connectivity index (χ0v) is 19.3. The first-order chi connectivity index (χ1) is 16.0. The number of hydrogen-bond donors (Lipinski definition) is 2. The van der Waals surface area contributed by atoms with E-state index in [1.54, 1.807) is 38.8 Å². The fourth-order valence-corrected chi connectivity index (χ4v) is 4.02. The Morgan fingerprint density at radius 3 is 2.73 bits per heavy atom. The highest BCUT2D eigenvalue weighted by atomic mass is 35.5. The predicted molar refractivity (Wildman–Crippen MR) is 134 cm³/mol. The second-order valence-corrected chi connectivity index (χ2v) is 7.84. The highest BCUT2D eigenvalue weighted by molar-refractivity contribution is 6.34. The smallest absolute Gasteiger partial charge is 0.252 e. The second-order valence-electron chi connectivity index (χ2n) is 7.43. The molecule has 166 valence electrons. The van der Waals surface area contributed by atoms with E-state index in [-0.39, 0.29) is 5.91 Å². The molecule has 0 aliphatic carbocycles. The average Bonchev–Trinajstić information content (AvgIpc) is 3.30. The van der Waals surface area contributed by atoms with Gasteiger partial charge >= 0.3 is 0 Å². The molecule has 0 fully saturated rings. The molecule has 2 aromatic carbocycles. The monoisotopic (exact) mass is 458 g/mol. The molecule has 0 unspecified atom stereocenters. The van der Waals surface area contributed by atoms with Crippen LogP contribution >= 0.6 is 11.6 Å². The summed E-state index contributed by atoms with van der Waals surface area (Å²) in [5.74, 6) is -0.231. The Labute approximate surface area is 196 Å². The van der Waals surface area contributed by atoms with Gasteiger partial charge in [-0.15, -0.1) is 0 Å². The third kappa shape index (κ3) is 4.23. The number of rotatable bonds is 5. The minimum Gasteiger partial charge on any atom is -0.404 e. The molecular weight excluding hydrogens is 436 g/mol. The van der Waals surface area contributed by atoms with Gasteiger partial charge in [-0.05, 0) is 31.2 Å². The maximum absolute atomic E-state index is 12.0. The van der Waals surface area contributed by atoms with E-state index in [2.05, 4.69) is 15.3 Å². The normalized spacial score (nSPS) is 11.9. The molecule has 0 atom stereocenters. The van der Waals surface area contributed by atoms with Crippen molar-refractivity contribution in [2.45, 2.75) is 6.92 Å². The summed E-state index contributed by atoms with van der Waals surface area (Å²) in [4.78, 5) is 25.3. The standard InChI is InChI=1S/C25H23ClN6O/c1-15-9-20-18(24(31-15)16-7-8-19(21(26)10-16)25(33)29-3)5-4-6-23(20)32-13-22(30-14-32)17(11-27)12-28-2/h4-14H,27H2,1-3H3,(H,29,33). The van der Waals surface area contributed by atoms with Crippen LogP contribution in [0.2, 0.25) is 5.02 Å². The van der Waals surface area contributed by atoms with Gasteiger partial charge in [0.05, 0.1) is 34.0 Å². The SMILES string of the molecule is CN=CC(=CN)c1cn(-c2cccc3c(-c4ccc(C(=O)NC)c(Cl)c4)nc(C)cc23)cn1. The Morgan fingerprint density at radius 2 is 2.03 bits per heavy atom. The Bertz CT molecular complexity index is 1420. The van der Waals surface area contributed by atoms with E-state index < -0.39 is 0 Å². The number of nitrogens with zero attached hydrogens (tertiary/aromatic N) is 4. The molecule has 2 heterocycles. The van der Waals surface area contributed by atoms with Crippen LogP contribution in [0.25, 0.3) is 33.3 Å². The van der Waals surface area contributed by atoms with Crippen LogP contribution in [0.15, 0.2) is 66.2 Å². The van der Waals surface area contributed by atoms with Crippen molar-refractivity contribution in [1.82, 2.24) is 19.9 Å². The van der Waals surface area contributed by atoms with Gasteiger partial charge in [-0.25, -0.2) is 4.98 Å². The Kier molecular flexibility index (Phi) is 6.24. The Balaban J connectivity index is 1.87. The van der Waals surface area contributed by atoms with Crippen LogP contribution in [-0.4, -0.2) is 40.8 Å². The first-order valence-corrected chi connectivity index (χ1v) is 10.7. The molecule has 33 heavy (non-hydrogen) atoms. The first-order valence-electron chi connectivity index (χ1n) is 10.3. The number of hydrogen-bond acceptors (Lipinski definition) is 5. The predicted octanol–water partition coefficient (Wildman–Crippen LogP) is 4.41. The van der Waals surface area contributed by atoms with Crippen LogP contribution in [0.4, 0.5) is 0 Å². The number of aromatic nitrogens is 3. The lowest BCUT2D eigenvalue weighted by molar-refractivity contribution is 0.0963. The van der Waals surface area contributed by atoms with Crippen molar-refractivity contribution in [3.05, 3.63) is 83.2 Å². The van der Waals surface area contributed by atoms with Gasteiger partial charge in [-0.2, -0.15) is 0 Å². The summed E-state index contributed by atoms with van der Waals surface area (Å²) < 4.78 is 1.95. The minimum absolute atomic E-state index is 0.231. The van der Waals surface area contributed by atoms with Gasteiger partial charge in [0.2, 0.25) is 0 Å². The average molecular weight is 459 g/mol. The summed E-state index contributed by atoms with van der Waals surface area (Å²) in [5, 5.41) is 4.94. The molecule has 0 saturated heterocycles. The van der Waals surface area contributed by atoms with Crippen molar-refractivity contribution < 1.29 is 4.79 Å². The second kappa shape index (κ2) is 9.26. The number of carbonyl (C=O) groups excluding carboxylic acids is 1. The van der Waals surface area contributed by atoms with Crippen LogP contribution < -0.4 is 11.1 Å². The number of imidazole rings is 1. The minimum atomic E-state index is -0.231. The van der Waals surface area contributed by atoms with Crippen molar-refractivity contribution in [2.24, 2.45) is 10.7 Å². The highest BCUT2D eigenvalue weighted by Gasteiger charge is 2.15. The first kappa shape index (κ1) is 22.2. The summed E-state index contributed by atoms with van der Waals surface area (Å²) >= 11 is 6.42. The molecular formula is C25H23ClN6O. The van der Waals surface area contributed by atoms with Crippen LogP contribution in [0, 0.1) is 6.92 Å². The van der Waals surface area contributed by atoms with Gasteiger partial charge < -0.3 is 15.6 Å². The molecule has 0 radical (unpaired) electrons. The molecule has 0 bridgehead atoms. The summed E-state index contributed by atoms with van der Waals surface area (Å²) in [7, 11) is 3.27. The van der Waals surface area contributed by atoms with Crippen LogP contribution in [0.1, 0.15) is 21.7 Å². The topological polar surface area (TPSA) is 98.2 Å². The van der Waals surface area contributed by atoms with Gasteiger partial charge in [0.25, 0.3) is 5.91 Å². The molecule has 1 amide bonds. The molecule has 2 aromatic heterocycles. The van der Waals surface area contributed by atoms with Crippen LogP contribution in [0.5, 0.6) is 0 Å². The van der Waals surface area contributed by atoms with Crippen LogP contribution in [0.3, 0.4) is 0 Å². The highest BCUT2D eigenvalue weighted by Crippen LogP contribution is 2.33. The van der Waals surface area contributed by atoms with Crippen molar-refractivity contribution >= 4 is 40.1 Å². The van der Waals surface area contributed by atoms with Gasteiger partial charge in [-0.3, -0.25) is 14.8 Å². The van der Waals surface area contributed by atoms with Gasteiger partial charge in [0.1, 0.15) is 0 Å². The van der Waals surface area contributed by atoms with E-state index in [1.165, 1.54) is 6.20 Å². The van der Waals surface area contributed by atoms with Gasteiger partial charge in [0, 0.05) is 60.3 Å². The number of carbonyl (C=O) groups is 1. The Morgan fingerprint density at radius 1 is 1.21 bits per heavy atom. The molecule has 0 aliphatic heterocycles. The number of nitrogens with one attached hydrogen (secondary N) is 1. The van der Waals surface area contributed by atoms with E-state index in [9.17, 15) is 4.79 Å². The molecule has 0 saturated carbocycles.